The minimum absolute atomic E-state index is 0.116. The summed E-state index contributed by atoms with van der Waals surface area (Å²) in [5, 5.41) is 4.67. The zero-order chi connectivity index (χ0) is 19.8. The van der Waals surface area contributed by atoms with Crippen molar-refractivity contribution < 1.29 is 14.3 Å². The number of methoxy groups -OCH3 is 1. The van der Waals surface area contributed by atoms with Gasteiger partial charge in [-0.25, -0.2) is 5.43 Å². The molecule has 0 spiro atoms. The number of hydrazone groups is 1. The van der Waals surface area contributed by atoms with Gasteiger partial charge in [0.15, 0.2) is 11.5 Å². The first-order valence-corrected chi connectivity index (χ1v) is 9.62. The summed E-state index contributed by atoms with van der Waals surface area (Å²) >= 11 is 9.40. The van der Waals surface area contributed by atoms with Crippen molar-refractivity contribution >= 4 is 39.7 Å². The molecule has 0 saturated heterocycles. The number of carbonyl (C=O) groups is 1. The van der Waals surface area contributed by atoms with Crippen LogP contribution in [-0.4, -0.2) is 19.2 Å². The molecule has 7 heteroatoms. The van der Waals surface area contributed by atoms with Gasteiger partial charge in [0.2, 0.25) is 5.91 Å². The highest BCUT2D eigenvalue weighted by Crippen LogP contribution is 2.36. The highest BCUT2D eigenvalue weighted by Gasteiger charge is 2.12. The van der Waals surface area contributed by atoms with Gasteiger partial charge in [0.25, 0.3) is 0 Å². The smallest absolute Gasteiger partial charge is 0.240 e. The molecular formula is C20H22BrClN2O3. The van der Waals surface area contributed by atoms with Crippen LogP contribution in [0.5, 0.6) is 11.5 Å². The number of benzene rings is 2. The average molecular weight is 454 g/mol. The van der Waals surface area contributed by atoms with Gasteiger partial charge < -0.3 is 9.47 Å². The third-order valence-corrected chi connectivity index (χ3v) is 4.39. The van der Waals surface area contributed by atoms with E-state index in [9.17, 15) is 4.79 Å². The van der Waals surface area contributed by atoms with Gasteiger partial charge in [-0.05, 0) is 57.2 Å². The van der Waals surface area contributed by atoms with Crippen molar-refractivity contribution in [2.75, 3.05) is 7.11 Å². The van der Waals surface area contributed by atoms with Gasteiger partial charge >= 0.3 is 0 Å². The first-order valence-electron chi connectivity index (χ1n) is 8.45. The Morgan fingerprint density at radius 1 is 1.30 bits per heavy atom. The summed E-state index contributed by atoms with van der Waals surface area (Å²) < 4.78 is 12.1. The van der Waals surface area contributed by atoms with E-state index in [-0.39, 0.29) is 11.8 Å². The number of nitrogens with one attached hydrogen (secondary N) is 1. The van der Waals surface area contributed by atoms with Gasteiger partial charge in [-0.2, -0.15) is 5.10 Å². The molecule has 0 aliphatic rings. The van der Waals surface area contributed by atoms with Gasteiger partial charge in [-0.15, -0.1) is 0 Å². The van der Waals surface area contributed by atoms with Gasteiger partial charge in [0.1, 0.15) is 6.61 Å². The molecule has 0 heterocycles. The predicted octanol–water partition coefficient (Wildman–Crippen LogP) is 5.19. The number of carbonyl (C=O) groups excluding carboxylic acids is 1. The van der Waals surface area contributed by atoms with Crippen molar-refractivity contribution in [3.05, 3.63) is 57.0 Å². The Hall–Kier alpha value is -2.05. The fourth-order valence-electron chi connectivity index (χ4n) is 2.29. The summed E-state index contributed by atoms with van der Waals surface area (Å²) in [4.78, 5) is 11.6. The number of hydrogen-bond donors (Lipinski definition) is 1. The molecule has 2 rings (SSSR count). The Labute approximate surface area is 172 Å². The van der Waals surface area contributed by atoms with E-state index in [0.717, 1.165) is 15.6 Å². The van der Waals surface area contributed by atoms with E-state index in [4.69, 9.17) is 21.1 Å². The summed E-state index contributed by atoms with van der Waals surface area (Å²) in [5.74, 6) is 1.32. The average Bonchev–Trinajstić information content (AvgIpc) is 2.61. The molecule has 0 aromatic heterocycles. The lowest BCUT2D eigenvalue weighted by Crippen LogP contribution is -2.19. The SMILES string of the molecule is COc1cc(/C=N\NC(=O)CC(C)C)cc(Br)c1OCc1ccc(Cl)cc1. The molecule has 0 bridgehead atoms. The lowest BCUT2D eigenvalue weighted by atomic mass is 10.1. The fourth-order valence-corrected chi connectivity index (χ4v) is 2.99. The van der Waals surface area contributed by atoms with Gasteiger partial charge in [0.05, 0.1) is 17.8 Å². The third kappa shape index (κ3) is 6.88. The van der Waals surface area contributed by atoms with E-state index >= 15 is 0 Å². The number of halogens is 2. The molecular weight excluding hydrogens is 432 g/mol. The second-order valence-corrected chi connectivity index (χ2v) is 7.63. The van der Waals surface area contributed by atoms with Crippen LogP contribution in [0.1, 0.15) is 31.4 Å². The second-order valence-electron chi connectivity index (χ2n) is 6.34. The summed E-state index contributed by atoms with van der Waals surface area (Å²) in [6.45, 7) is 4.34. The van der Waals surface area contributed by atoms with E-state index in [1.807, 2.05) is 44.2 Å². The molecule has 0 aliphatic carbocycles. The van der Waals surface area contributed by atoms with Crippen molar-refractivity contribution in [2.45, 2.75) is 26.9 Å². The van der Waals surface area contributed by atoms with E-state index in [0.29, 0.717) is 29.5 Å². The number of nitrogens with zero attached hydrogens (tertiary/aromatic N) is 1. The monoisotopic (exact) mass is 452 g/mol. The Morgan fingerprint density at radius 2 is 2.00 bits per heavy atom. The summed E-state index contributed by atoms with van der Waals surface area (Å²) in [7, 11) is 1.57. The Bertz CT molecular complexity index is 808. The Kier molecular flexibility index (Phi) is 8.13. The van der Waals surface area contributed by atoms with Crippen molar-refractivity contribution in [3.63, 3.8) is 0 Å². The fraction of sp³-hybridized carbons (Fsp3) is 0.300. The Morgan fingerprint density at radius 3 is 2.63 bits per heavy atom. The molecule has 0 unspecified atom stereocenters. The lowest BCUT2D eigenvalue weighted by Gasteiger charge is -2.13. The molecule has 0 radical (unpaired) electrons. The summed E-state index contributed by atoms with van der Waals surface area (Å²) in [6, 6.07) is 11.1. The quantitative estimate of drug-likeness (QED) is 0.442. The minimum Gasteiger partial charge on any atom is -0.493 e. The number of ether oxygens (including phenoxy) is 2. The normalized spacial score (nSPS) is 11.0. The van der Waals surface area contributed by atoms with Crippen LogP contribution in [0, 0.1) is 5.92 Å². The van der Waals surface area contributed by atoms with Gasteiger partial charge in [-0.1, -0.05) is 37.6 Å². The minimum atomic E-state index is -0.116. The maximum absolute atomic E-state index is 11.6. The molecule has 2 aromatic carbocycles. The van der Waals surface area contributed by atoms with E-state index < -0.39 is 0 Å². The van der Waals surface area contributed by atoms with Crippen LogP contribution in [0.25, 0.3) is 0 Å². The summed E-state index contributed by atoms with van der Waals surface area (Å²) in [6.07, 6.45) is 2.00. The highest BCUT2D eigenvalue weighted by atomic mass is 79.9. The maximum atomic E-state index is 11.6. The molecule has 1 N–H and O–H groups in total. The summed E-state index contributed by atoms with van der Waals surface area (Å²) in [5.41, 5.74) is 4.28. The number of amides is 1. The molecule has 0 aliphatic heterocycles. The molecule has 0 fully saturated rings. The zero-order valence-electron chi connectivity index (χ0n) is 15.5. The van der Waals surface area contributed by atoms with Crippen LogP contribution in [0.3, 0.4) is 0 Å². The van der Waals surface area contributed by atoms with E-state index in [2.05, 4.69) is 26.5 Å². The largest absolute Gasteiger partial charge is 0.493 e. The van der Waals surface area contributed by atoms with Crippen molar-refractivity contribution in [3.8, 4) is 11.5 Å². The second kappa shape index (κ2) is 10.3. The standard InChI is InChI=1S/C20H22BrClN2O3/c1-13(2)8-19(25)24-23-11-15-9-17(21)20(18(10-15)26-3)27-12-14-4-6-16(22)7-5-14/h4-7,9-11,13H,8,12H2,1-3H3,(H,24,25)/b23-11-. The van der Waals surface area contributed by atoms with Crippen molar-refractivity contribution in [1.82, 2.24) is 5.43 Å². The molecule has 27 heavy (non-hydrogen) atoms. The van der Waals surface area contributed by atoms with E-state index in [1.165, 1.54) is 0 Å². The molecule has 0 atom stereocenters. The Balaban J connectivity index is 2.07. The van der Waals surface area contributed by atoms with Gasteiger partial charge in [-0.3, -0.25) is 4.79 Å². The predicted molar refractivity (Wildman–Crippen MR) is 112 cm³/mol. The first-order chi connectivity index (χ1) is 12.9. The lowest BCUT2D eigenvalue weighted by molar-refractivity contribution is -0.121. The van der Waals surface area contributed by atoms with E-state index in [1.54, 1.807) is 19.4 Å². The van der Waals surface area contributed by atoms with Gasteiger partial charge in [0, 0.05) is 11.4 Å². The van der Waals surface area contributed by atoms with Crippen molar-refractivity contribution in [2.24, 2.45) is 11.0 Å². The highest BCUT2D eigenvalue weighted by molar-refractivity contribution is 9.10. The maximum Gasteiger partial charge on any atom is 0.240 e. The van der Waals surface area contributed by atoms with Crippen LogP contribution >= 0.6 is 27.5 Å². The van der Waals surface area contributed by atoms with Crippen LogP contribution in [0.15, 0.2) is 46.0 Å². The van der Waals surface area contributed by atoms with Crippen molar-refractivity contribution in [1.29, 1.82) is 0 Å². The molecule has 2 aromatic rings. The topological polar surface area (TPSA) is 59.9 Å². The number of hydrogen-bond acceptors (Lipinski definition) is 4. The van der Waals surface area contributed by atoms with Crippen LogP contribution < -0.4 is 14.9 Å². The molecule has 1 amide bonds. The number of rotatable bonds is 8. The zero-order valence-corrected chi connectivity index (χ0v) is 17.8. The first kappa shape index (κ1) is 21.3. The van der Waals surface area contributed by atoms with Crippen LogP contribution in [0.2, 0.25) is 5.02 Å². The van der Waals surface area contributed by atoms with Crippen LogP contribution in [-0.2, 0) is 11.4 Å². The molecule has 0 saturated carbocycles. The molecule has 5 nitrogen and oxygen atoms in total. The van der Waals surface area contributed by atoms with Crippen LogP contribution in [0.4, 0.5) is 0 Å². The molecule has 144 valence electrons. The third-order valence-electron chi connectivity index (χ3n) is 3.54.